The molecule has 1 heterocycles. The first-order chi connectivity index (χ1) is 13.8. The highest BCUT2D eigenvalue weighted by atomic mass is 127. The van der Waals surface area contributed by atoms with Gasteiger partial charge in [-0.25, -0.2) is 0 Å². The number of carbonyl (C=O) groups excluding carboxylic acids is 1. The molecule has 1 aliphatic rings. The minimum Gasteiger partial charge on any atom is -0.359 e. The van der Waals surface area contributed by atoms with Gasteiger partial charge in [-0.15, -0.1) is 24.0 Å². The molecule has 1 aromatic rings. The number of aliphatic imine (C=N–C) groups is 1. The van der Waals surface area contributed by atoms with E-state index in [9.17, 15) is 4.79 Å². The Morgan fingerprint density at radius 1 is 1.27 bits per heavy atom. The number of carbonyl (C=O) groups is 1. The van der Waals surface area contributed by atoms with Crippen molar-refractivity contribution in [1.29, 1.82) is 0 Å². The van der Waals surface area contributed by atoms with Crippen LogP contribution in [0.5, 0.6) is 0 Å². The Kier molecular flexibility index (Phi) is 12.4. The van der Waals surface area contributed by atoms with Crippen LogP contribution in [0.25, 0.3) is 0 Å². The number of nitrogens with one attached hydrogen (secondary N) is 2. The second kappa shape index (κ2) is 13.6. The lowest BCUT2D eigenvalue weighted by molar-refractivity contribution is -0.121. The summed E-state index contributed by atoms with van der Waals surface area (Å²) in [6, 6.07) is 5.73. The van der Waals surface area contributed by atoms with E-state index in [-0.39, 0.29) is 29.9 Å². The standard InChI is InChI=1S/C22H34Cl2N4O.HI/c1-15(2)18(12-17-5-6-19(23)13-20(17)24)14-27-22(26-4)28-9-7-16(8-10-28)11-21(29)25-3;/h5-6,13,15-16,18H,7-12,14H2,1-4H3,(H,25,29)(H,26,27);1H. The zero-order valence-corrected chi connectivity index (χ0v) is 22.2. The first-order valence-electron chi connectivity index (χ1n) is 10.4. The number of nitrogens with zero attached hydrogens (tertiary/aromatic N) is 2. The molecule has 5 nitrogen and oxygen atoms in total. The molecule has 1 aromatic carbocycles. The van der Waals surface area contributed by atoms with Crippen LogP contribution in [0.3, 0.4) is 0 Å². The average molecular weight is 569 g/mol. The summed E-state index contributed by atoms with van der Waals surface area (Å²) in [4.78, 5) is 18.4. The Balaban J connectivity index is 0.00000450. The van der Waals surface area contributed by atoms with Crippen molar-refractivity contribution in [3.05, 3.63) is 33.8 Å². The lowest BCUT2D eigenvalue weighted by atomic mass is 9.89. The third kappa shape index (κ3) is 8.42. The van der Waals surface area contributed by atoms with Crippen LogP contribution in [-0.4, -0.2) is 50.5 Å². The molecule has 1 saturated heterocycles. The predicted molar refractivity (Wildman–Crippen MR) is 138 cm³/mol. The van der Waals surface area contributed by atoms with Crippen LogP contribution in [0.15, 0.2) is 23.2 Å². The van der Waals surface area contributed by atoms with Gasteiger partial charge in [-0.05, 0) is 54.7 Å². The van der Waals surface area contributed by atoms with Crippen molar-refractivity contribution >= 4 is 59.0 Å². The highest BCUT2D eigenvalue weighted by molar-refractivity contribution is 14.0. The Hall–Kier alpha value is -0.730. The maximum atomic E-state index is 11.6. The van der Waals surface area contributed by atoms with Gasteiger partial charge in [0.2, 0.25) is 5.91 Å². The maximum absolute atomic E-state index is 11.6. The van der Waals surface area contributed by atoms with E-state index in [1.165, 1.54) is 0 Å². The number of piperidine rings is 1. The highest BCUT2D eigenvalue weighted by Gasteiger charge is 2.24. The Bertz CT molecular complexity index is 706. The number of amides is 1. The fourth-order valence-electron chi connectivity index (χ4n) is 3.78. The summed E-state index contributed by atoms with van der Waals surface area (Å²) < 4.78 is 0. The molecule has 170 valence electrons. The van der Waals surface area contributed by atoms with Crippen molar-refractivity contribution in [3.8, 4) is 0 Å². The van der Waals surface area contributed by atoms with Gasteiger partial charge in [0.15, 0.2) is 5.96 Å². The molecule has 8 heteroatoms. The van der Waals surface area contributed by atoms with E-state index in [0.29, 0.717) is 29.2 Å². The molecule has 1 unspecified atom stereocenters. The van der Waals surface area contributed by atoms with Gasteiger partial charge in [0.05, 0.1) is 0 Å². The summed E-state index contributed by atoms with van der Waals surface area (Å²) in [7, 11) is 3.53. The molecule has 1 fully saturated rings. The number of hydrogen-bond acceptors (Lipinski definition) is 2. The lowest BCUT2D eigenvalue weighted by Crippen LogP contribution is -2.47. The van der Waals surface area contributed by atoms with Crippen molar-refractivity contribution in [2.75, 3.05) is 33.7 Å². The van der Waals surface area contributed by atoms with E-state index in [1.807, 2.05) is 25.2 Å². The van der Waals surface area contributed by atoms with Crippen LogP contribution in [0.4, 0.5) is 0 Å². The fraction of sp³-hybridized carbons (Fsp3) is 0.636. The van der Waals surface area contributed by atoms with Crippen LogP contribution < -0.4 is 10.6 Å². The summed E-state index contributed by atoms with van der Waals surface area (Å²) >= 11 is 12.4. The lowest BCUT2D eigenvalue weighted by Gasteiger charge is -2.35. The molecule has 0 radical (unpaired) electrons. The molecule has 0 bridgehead atoms. The summed E-state index contributed by atoms with van der Waals surface area (Å²) in [6.45, 7) is 7.17. The first kappa shape index (κ1) is 27.3. The molecular formula is C22H35Cl2IN4O. The molecule has 0 aromatic heterocycles. The van der Waals surface area contributed by atoms with Crippen LogP contribution in [-0.2, 0) is 11.2 Å². The Labute approximate surface area is 208 Å². The molecule has 0 saturated carbocycles. The molecular weight excluding hydrogens is 534 g/mol. The zero-order valence-electron chi connectivity index (χ0n) is 18.4. The second-order valence-corrected chi connectivity index (χ2v) is 9.02. The van der Waals surface area contributed by atoms with E-state index in [4.69, 9.17) is 23.2 Å². The van der Waals surface area contributed by atoms with Crippen LogP contribution in [0.2, 0.25) is 10.0 Å². The van der Waals surface area contributed by atoms with Crippen LogP contribution >= 0.6 is 47.2 Å². The third-order valence-electron chi connectivity index (χ3n) is 5.84. The summed E-state index contributed by atoms with van der Waals surface area (Å²) in [6.07, 6.45) is 3.55. The van der Waals surface area contributed by atoms with E-state index in [1.54, 1.807) is 7.05 Å². The van der Waals surface area contributed by atoms with Gasteiger partial charge < -0.3 is 15.5 Å². The van der Waals surface area contributed by atoms with Crippen LogP contribution in [0.1, 0.15) is 38.7 Å². The normalized spacial score (nSPS) is 16.2. The van der Waals surface area contributed by atoms with E-state index in [2.05, 4.69) is 34.4 Å². The molecule has 0 aliphatic carbocycles. The minimum absolute atomic E-state index is 0. The maximum Gasteiger partial charge on any atom is 0.220 e. The number of guanidine groups is 1. The largest absolute Gasteiger partial charge is 0.359 e. The molecule has 2 rings (SSSR count). The molecule has 30 heavy (non-hydrogen) atoms. The van der Waals surface area contributed by atoms with Gasteiger partial charge in [-0.1, -0.05) is 43.1 Å². The van der Waals surface area contributed by atoms with E-state index >= 15 is 0 Å². The van der Waals surface area contributed by atoms with Gasteiger partial charge in [0.25, 0.3) is 0 Å². The van der Waals surface area contributed by atoms with Crippen molar-refractivity contribution < 1.29 is 4.79 Å². The number of hydrogen-bond donors (Lipinski definition) is 2. The molecule has 1 aliphatic heterocycles. The van der Waals surface area contributed by atoms with Gasteiger partial charge in [0.1, 0.15) is 0 Å². The average Bonchev–Trinajstić information content (AvgIpc) is 2.69. The number of halogens is 3. The quantitative estimate of drug-likeness (QED) is 0.281. The molecule has 1 atom stereocenters. The van der Waals surface area contributed by atoms with Crippen LogP contribution in [0, 0.1) is 17.8 Å². The third-order valence-corrected chi connectivity index (χ3v) is 6.43. The highest BCUT2D eigenvalue weighted by Crippen LogP contribution is 2.26. The van der Waals surface area contributed by atoms with Crippen molar-refractivity contribution in [2.24, 2.45) is 22.7 Å². The topological polar surface area (TPSA) is 56.7 Å². The van der Waals surface area contributed by atoms with Gasteiger partial charge in [-0.3, -0.25) is 9.79 Å². The molecule has 2 N–H and O–H groups in total. The summed E-state index contributed by atoms with van der Waals surface area (Å²) in [5, 5.41) is 7.68. The van der Waals surface area contributed by atoms with Crippen molar-refractivity contribution in [1.82, 2.24) is 15.5 Å². The Morgan fingerprint density at radius 3 is 2.47 bits per heavy atom. The number of rotatable bonds is 7. The smallest absolute Gasteiger partial charge is 0.220 e. The summed E-state index contributed by atoms with van der Waals surface area (Å²) in [5.41, 5.74) is 1.13. The van der Waals surface area contributed by atoms with E-state index < -0.39 is 0 Å². The van der Waals surface area contributed by atoms with Crippen molar-refractivity contribution in [2.45, 2.75) is 39.5 Å². The monoisotopic (exact) mass is 568 g/mol. The zero-order chi connectivity index (χ0) is 21.4. The first-order valence-corrected chi connectivity index (χ1v) is 11.2. The van der Waals surface area contributed by atoms with Gasteiger partial charge in [-0.2, -0.15) is 0 Å². The molecule has 0 spiro atoms. The molecule has 1 amide bonds. The fourth-order valence-corrected chi connectivity index (χ4v) is 4.27. The van der Waals surface area contributed by atoms with Crippen molar-refractivity contribution in [3.63, 3.8) is 0 Å². The van der Waals surface area contributed by atoms with E-state index in [0.717, 1.165) is 55.4 Å². The minimum atomic E-state index is 0. The predicted octanol–water partition coefficient (Wildman–Crippen LogP) is 4.85. The Morgan fingerprint density at radius 2 is 1.93 bits per heavy atom. The van der Waals surface area contributed by atoms with Gasteiger partial charge in [0, 0.05) is 50.2 Å². The SMILES string of the molecule is CN=C(NCC(Cc1ccc(Cl)cc1Cl)C(C)C)N1CCC(CC(=O)NC)CC1.I. The summed E-state index contributed by atoms with van der Waals surface area (Å²) in [5.74, 6) is 2.46. The number of benzene rings is 1. The number of likely N-dealkylation sites (tertiary alicyclic amines) is 1. The van der Waals surface area contributed by atoms with Gasteiger partial charge >= 0.3 is 0 Å². The second-order valence-electron chi connectivity index (χ2n) is 8.18.